The Balaban J connectivity index is 1.90. The predicted molar refractivity (Wildman–Crippen MR) is 114 cm³/mol. The summed E-state index contributed by atoms with van der Waals surface area (Å²) in [6.45, 7) is 4.69. The normalized spacial score (nSPS) is 19.0. The molecule has 1 aromatic rings. The molecule has 0 bridgehead atoms. The smallest absolute Gasteiger partial charge is 0.254 e. The molecule has 0 saturated carbocycles. The number of hydrogen-bond donors (Lipinski definition) is 2. The number of aryl methyl sites for hydroxylation is 1. The van der Waals surface area contributed by atoms with Crippen molar-refractivity contribution in [3.63, 3.8) is 0 Å². The van der Waals surface area contributed by atoms with Gasteiger partial charge in [0, 0.05) is 32.0 Å². The number of nitrogens with zero attached hydrogens (tertiary/aromatic N) is 1. The number of nitrogens with two attached hydrogens (primary N) is 1. The molecule has 3 N–H and O–H groups in total. The van der Waals surface area contributed by atoms with E-state index >= 15 is 0 Å². The first kappa shape index (κ1) is 24.4. The molecule has 7 heteroatoms. The van der Waals surface area contributed by atoms with E-state index in [-0.39, 0.29) is 25.0 Å². The number of amides is 1. The number of Topliss-reactive ketones (excluding diaryl/α,β-unsaturated/α-hetero) is 1. The summed E-state index contributed by atoms with van der Waals surface area (Å²) in [5, 5.41) is 10.5. The number of benzene rings is 1. The third kappa shape index (κ3) is 8.50. The van der Waals surface area contributed by atoms with Gasteiger partial charge in [0.05, 0.1) is 19.3 Å². The van der Waals surface area contributed by atoms with E-state index in [1.807, 2.05) is 30.3 Å². The quantitative estimate of drug-likeness (QED) is 0.509. The number of carbonyl (C=O) groups is 2. The summed E-state index contributed by atoms with van der Waals surface area (Å²) in [6, 6.07) is 9.84. The van der Waals surface area contributed by atoms with E-state index in [2.05, 4.69) is 4.90 Å². The van der Waals surface area contributed by atoms with Crippen LogP contribution in [0.4, 0.5) is 4.39 Å². The Morgan fingerprint density at radius 3 is 2.53 bits per heavy atom. The van der Waals surface area contributed by atoms with Gasteiger partial charge in [0.15, 0.2) is 5.67 Å². The Kier molecular flexibility index (Phi) is 9.88. The Hall–Kier alpha value is -1.83. The highest BCUT2D eigenvalue weighted by Crippen LogP contribution is 2.26. The van der Waals surface area contributed by atoms with Crippen LogP contribution in [0.3, 0.4) is 0 Å². The van der Waals surface area contributed by atoms with Crippen LogP contribution in [0.25, 0.3) is 0 Å². The maximum Gasteiger partial charge on any atom is 0.254 e. The zero-order chi connectivity index (χ0) is 22.0. The SMILES string of the molecule is CC(F)(CC[C@H](C[C@@H](O)CCc1ccccc1)C(=O)CCN1CCOCC1)C(N)=O. The van der Waals surface area contributed by atoms with Crippen LogP contribution < -0.4 is 5.73 Å². The fourth-order valence-electron chi connectivity index (χ4n) is 3.70. The number of ketones is 1. The zero-order valence-corrected chi connectivity index (χ0v) is 17.9. The standard InChI is InChI=1S/C23H35FN2O4/c1-23(24,22(25)29)11-9-19(21(28)10-12-26-13-15-30-16-14-26)17-20(27)8-7-18-5-3-2-4-6-18/h2-6,19-20,27H,7-17H2,1H3,(H2,25,29)/t19-,20+,23?/m1/s1. The topological polar surface area (TPSA) is 92.9 Å². The Morgan fingerprint density at radius 2 is 1.90 bits per heavy atom. The molecule has 2 rings (SSSR count). The minimum absolute atomic E-state index is 0.000485. The van der Waals surface area contributed by atoms with Crippen molar-refractivity contribution >= 4 is 11.7 Å². The average Bonchev–Trinajstić information content (AvgIpc) is 2.74. The molecule has 1 unspecified atom stereocenters. The number of carbonyl (C=O) groups excluding carboxylic acids is 2. The third-order valence-electron chi connectivity index (χ3n) is 5.88. The fourth-order valence-corrected chi connectivity index (χ4v) is 3.70. The van der Waals surface area contributed by atoms with Crippen LogP contribution in [0.1, 0.15) is 44.6 Å². The molecule has 6 nitrogen and oxygen atoms in total. The fraction of sp³-hybridized carbons (Fsp3) is 0.652. The van der Waals surface area contributed by atoms with Gasteiger partial charge < -0.3 is 15.6 Å². The van der Waals surface area contributed by atoms with Gasteiger partial charge in [-0.1, -0.05) is 30.3 Å². The molecule has 1 heterocycles. The Bertz CT molecular complexity index is 662. The molecule has 0 aliphatic carbocycles. The largest absolute Gasteiger partial charge is 0.393 e. The lowest BCUT2D eigenvalue weighted by molar-refractivity contribution is -0.130. The van der Waals surface area contributed by atoms with Crippen molar-refractivity contribution in [3.8, 4) is 0 Å². The summed E-state index contributed by atoms with van der Waals surface area (Å²) >= 11 is 0. The van der Waals surface area contributed by atoms with Crippen molar-refractivity contribution in [1.82, 2.24) is 4.90 Å². The molecule has 1 saturated heterocycles. The van der Waals surface area contributed by atoms with Crippen LogP contribution in [-0.2, 0) is 20.7 Å². The van der Waals surface area contributed by atoms with Gasteiger partial charge >= 0.3 is 0 Å². The first-order valence-corrected chi connectivity index (χ1v) is 10.8. The van der Waals surface area contributed by atoms with Gasteiger partial charge in [-0.05, 0) is 44.6 Å². The van der Waals surface area contributed by atoms with Gasteiger partial charge in [0.2, 0.25) is 0 Å². The van der Waals surface area contributed by atoms with Gasteiger partial charge in [-0.3, -0.25) is 14.5 Å². The summed E-state index contributed by atoms with van der Waals surface area (Å²) in [5.41, 5.74) is 4.10. The predicted octanol–water partition coefficient (Wildman–Crippen LogP) is 2.27. The molecule has 1 fully saturated rings. The van der Waals surface area contributed by atoms with Crippen molar-refractivity contribution in [3.05, 3.63) is 35.9 Å². The molecule has 30 heavy (non-hydrogen) atoms. The molecule has 1 aromatic carbocycles. The number of halogens is 1. The van der Waals surface area contributed by atoms with Crippen LogP contribution in [-0.4, -0.2) is 66.3 Å². The number of alkyl halides is 1. The van der Waals surface area contributed by atoms with E-state index < -0.39 is 23.6 Å². The Morgan fingerprint density at radius 1 is 1.23 bits per heavy atom. The highest BCUT2D eigenvalue weighted by atomic mass is 19.1. The van der Waals surface area contributed by atoms with E-state index in [0.717, 1.165) is 25.6 Å². The summed E-state index contributed by atoms with van der Waals surface area (Å²) in [6.07, 6.45) is 1.25. The molecular formula is C23H35FN2O4. The average molecular weight is 423 g/mol. The first-order valence-electron chi connectivity index (χ1n) is 10.8. The van der Waals surface area contributed by atoms with E-state index in [0.29, 0.717) is 39.0 Å². The second-order valence-electron chi connectivity index (χ2n) is 8.38. The first-order chi connectivity index (χ1) is 14.3. The number of hydrogen-bond acceptors (Lipinski definition) is 5. The minimum atomic E-state index is -2.16. The van der Waals surface area contributed by atoms with Crippen molar-refractivity contribution in [1.29, 1.82) is 0 Å². The van der Waals surface area contributed by atoms with Crippen LogP contribution in [0.5, 0.6) is 0 Å². The zero-order valence-electron chi connectivity index (χ0n) is 17.9. The van der Waals surface area contributed by atoms with Gasteiger partial charge in [-0.2, -0.15) is 0 Å². The highest BCUT2D eigenvalue weighted by Gasteiger charge is 2.33. The molecule has 1 aliphatic heterocycles. The van der Waals surface area contributed by atoms with Gasteiger partial charge in [-0.25, -0.2) is 4.39 Å². The number of aliphatic hydroxyl groups excluding tert-OH is 1. The van der Waals surface area contributed by atoms with Crippen LogP contribution in [0, 0.1) is 5.92 Å². The lowest BCUT2D eigenvalue weighted by atomic mass is 9.85. The minimum Gasteiger partial charge on any atom is -0.393 e. The number of rotatable bonds is 13. The lowest BCUT2D eigenvalue weighted by Crippen LogP contribution is -2.39. The van der Waals surface area contributed by atoms with Crippen LogP contribution in [0.2, 0.25) is 0 Å². The second kappa shape index (κ2) is 12.1. The summed E-state index contributed by atoms with van der Waals surface area (Å²) in [7, 11) is 0. The maximum absolute atomic E-state index is 14.3. The van der Waals surface area contributed by atoms with Crippen molar-refractivity contribution in [2.45, 2.75) is 57.2 Å². The molecule has 3 atom stereocenters. The number of primary amides is 1. The molecule has 1 aliphatic rings. The maximum atomic E-state index is 14.3. The molecule has 0 spiro atoms. The number of morpholine rings is 1. The van der Waals surface area contributed by atoms with Gasteiger partial charge in [-0.15, -0.1) is 0 Å². The molecule has 0 radical (unpaired) electrons. The van der Waals surface area contributed by atoms with Crippen LogP contribution >= 0.6 is 0 Å². The van der Waals surface area contributed by atoms with Gasteiger partial charge in [0.1, 0.15) is 5.78 Å². The van der Waals surface area contributed by atoms with Crippen molar-refractivity contribution in [2.24, 2.45) is 11.7 Å². The summed E-state index contributed by atoms with van der Waals surface area (Å²) < 4.78 is 19.7. The third-order valence-corrected chi connectivity index (χ3v) is 5.88. The van der Waals surface area contributed by atoms with Gasteiger partial charge in [0.25, 0.3) is 5.91 Å². The second-order valence-corrected chi connectivity index (χ2v) is 8.38. The Labute approximate surface area is 178 Å². The highest BCUT2D eigenvalue weighted by molar-refractivity contribution is 5.83. The molecule has 1 amide bonds. The van der Waals surface area contributed by atoms with E-state index in [4.69, 9.17) is 10.5 Å². The van der Waals surface area contributed by atoms with E-state index in [1.54, 1.807) is 0 Å². The van der Waals surface area contributed by atoms with Crippen molar-refractivity contribution in [2.75, 3.05) is 32.8 Å². The van der Waals surface area contributed by atoms with E-state index in [9.17, 15) is 19.1 Å². The van der Waals surface area contributed by atoms with Crippen molar-refractivity contribution < 1.29 is 23.8 Å². The lowest BCUT2D eigenvalue weighted by Gasteiger charge is -2.27. The van der Waals surface area contributed by atoms with Crippen LogP contribution in [0.15, 0.2) is 30.3 Å². The van der Waals surface area contributed by atoms with E-state index in [1.165, 1.54) is 0 Å². The molecule has 0 aromatic heterocycles. The monoisotopic (exact) mass is 422 g/mol. The molecular weight excluding hydrogens is 387 g/mol. The summed E-state index contributed by atoms with van der Waals surface area (Å²) in [5.74, 6) is -1.52. The number of aliphatic hydroxyl groups is 1. The summed E-state index contributed by atoms with van der Waals surface area (Å²) in [4.78, 5) is 26.4. The molecule has 168 valence electrons. The number of ether oxygens (including phenoxy) is 1.